The van der Waals surface area contributed by atoms with Gasteiger partial charge in [0.15, 0.2) is 5.82 Å². The van der Waals surface area contributed by atoms with Crippen LogP contribution < -0.4 is 20.3 Å². The number of morpholine rings is 1. The first-order valence-corrected chi connectivity index (χ1v) is 10.6. The Hall–Kier alpha value is -3.39. The second kappa shape index (κ2) is 10.1. The second-order valence-corrected chi connectivity index (χ2v) is 7.17. The van der Waals surface area contributed by atoms with Crippen molar-refractivity contribution in [3.63, 3.8) is 0 Å². The summed E-state index contributed by atoms with van der Waals surface area (Å²) < 4.78 is 11.1. The van der Waals surface area contributed by atoms with E-state index >= 15 is 0 Å². The molecule has 1 amide bonds. The molecule has 0 bridgehead atoms. The van der Waals surface area contributed by atoms with Crippen LogP contribution >= 0.6 is 0 Å². The van der Waals surface area contributed by atoms with Crippen molar-refractivity contribution in [2.45, 2.75) is 6.92 Å². The minimum atomic E-state index is -0.157. The molecule has 31 heavy (non-hydrogen) atoms. The highest BCUT2D eigenvalue weighted by atomic mass is 16.5. The first kappa shape index (κ1) is 20.9. The number of carbonyl (C=O) groups excluding carboxylic acids is 1. The van der Waals surface area contributed by atoms with Gasteiger partial charge in [-0.15, -0.1) is 5.10 Å². The minimum absolute atomic E-state index is 0.157. The number of anilines is 2. The van der Waals surface area contributed by atoms with E-state index in [1.807, 2.05) is 49.4 Å². The number of nitrogens with zero attached hydrogens (tertiary/aromatic N) is 3. The van der Waals surface area contributed by atoms with Gasteiger partial charge in [0.05, 0.1) is 37.3 Å². The zero-order chi connectivity index (χ0) is 21.5. The number of carbonyl (C=O) groups is 1. The minimum Gasteiger partial charge on any atom is -0.493 e. The van der Waals surface area contributed by atoms with Crippen LogP contribution in [0.5, 0.6) is 5.75 Å². The number of benzene rings is 2. The van der Waals surface area contributed by atoms with E-state index in [9.17, 15) is 4.79 Å². The molecule has 1 aliphatic rings. The number of ether oxygens (including phenoxy) is 2. The summed E-state index contributed by atoms with van der Waals surface area (Å²) in [7, 11) is 0. The fraction of sp³-hybridized carbons (Fsp3) is 0.348. The maximum atomic E-state index is 13.0. The van der Waals surface area contributed by atoms with Gasteiger partial charge < -0.3 is 25.0 Å². The summed E-state index contributed by atoms with van der Waals surface area (Å²) in [4.78, 5) is 15.2. The van der Waals surface area contributed by atoms with E-state index in [1.165, 1.54) is 0 Å². The summed E-state index contributed by atoms with van der Waals surface area (Å²) in [6.07, 6.45) is 1.76. The third kappa shape index (κ3) is 5.03. The molecule has 4 rings (SSSR count). The highest BCUT2D eigenvalue weighted by Gasteiger charge is 2.16. The SMILES string of the molecule is CCOc1ccc2ccccc2c1C(=O)NCCNc1cc(N2CCOCC2)cnn1. The van der Waals surface area contributed by atoms with Crippen LogP contribution in [0.25, 0.3) is 10.8 Å². The Morgan fingerprint density at radius 1 is 1.16 bits per heavy atom. The van der Waals surface area contributed by atoms with Crippen LogP contribution in [0, 0.1) is 0 Å². The van der Waals surface area contributed by atoms with Gasteiger partial charge in [0, 0.05) is 32.2 Å². The predicted octanol–water partition coefficient (Wildman–Crippen LogP) is 2.71. The second-order valence-electron chi connectivity index (χ2n) is 7.17. The van der Waals surface area contributed by atoms with Crippen molar-refractivity contribution < 1.29 is 14.3 Å². The smallest absolute Gasteiger partial charge is 0.255 e. The summed E-state index contributed by atoms with van der Waals surface area (Å²) in [5.74, 6) is 1.12. The van der Waals surface area contributed by atoms with Crippen LogP contribution in [0.4, 0.5) is 11.5 Å². The van der Waals surface area contributed by atoms with Gasteiger partial charge in [0.1, 0.15) is 5.75 Å². The molecule has 0 radical (unpaired) electrons. The zero-order valence-corrected chi connectivity index (χ0v) is 17.6. The fourth-order valence-electron chi connectivity index (χ4n) is 3.65. The molecule has 1 fully saturated rings. The normalized spacial score (nSPS) is 13.8. The number of nitrogens with one attached hydrogen (secondary N) is 2. The van der Waals surface area contributed by atoms with Crippen molar-refractivity contribution >= 4 is 28.2 Å². The lowest BCUT2D eigenvalue weighted by atomic mass is 10.0. The van der Waals surface area contributed by atoms with Crippen molar-refractivity contribution in [1.82, 2.24) is 15.5 Å². The van der Waals surface area contributed by atoms with Crippen molar-refractivity contribution in [3.05, 3.63) is 54.2 Å². The largest absolute Gasteiger partial charge is 0.493 e. The molecule has 8 heteroatoms. The number of rotatable bonds is 8. The van der Waals surface area contributed by atoms with Crippen LogP contribution in [0.2, 0.25) is 0 Å². The number of amides is 1. The molecule has 0 saturated carbocycles. The molecule has 1 saturated heterocycles. The van der Waals surface area contributed by atoms with E-state index in [0.29, 0.717) is 36.8 Å². The van der Waals surface area contributed by atoms with Crippen molar-refractivity contribution in [3.8, 4) is 5.75 Å². The average molecular weight is 422 g/mol. The molecule has 0 aliphatic carbocycles. The van der Waals surface area contributed by atoms with Crippen LogP contribution in [0.15, 0.2) is 48.7 Å². The third-order valence-electron chi connectivity index (χ3n) is 5.15. The first-order chi connectivity index (χ1) is 15.3. The van der Waals surface area contributed by atoms with Gasteiger partial charge in [-0.3, -0.25) is 4.79 Å². The van der Waals surface area contributed by atoms with E-state index in [4.69, 9.17) is 9.47 Å². The number of aromatic nitrogens is 2. The number of hydrogen-bond donors (Lipinski definition) is 2. The summed E-state index contributed by atoms with van der Waals surface area (Å²) in [6.45, 7) is 6.50. The zero-order valence-electron chi connectivity index (χ0n) is 17.6. The van der Waals surface area contributed by atoms with E-state index in [1.54, 1.807) is 6.20 Å². The molecule has 162 valence electrons. The average Bonchev–Trinajstić information content (AvgIpc) is 2.82. The predicted molar refractivity (Wildman–Crippen MR) is 121 cm³/mol. The maximum absolute atomic E-state index is 13.0. The monoisotopic (exact) mass is 421 g/mol. The molecule has 1 aliphatic heterocycles. The van der Waals surface area contributed by atoms with Gasteiger partial charge in [-0.2, -0.15) is 5.10 Å². The Morgan fingerprint density at radius 3 is 2.84 bits per heavy atom. The Morgan fingerprint density at radius 2 is 2.00 bits per heavy atom. The van der Waals surface area contributed by atoms with Gasteiger partial charge >= 0.3 is 0 Å². The van der Waals surface area contributed by atoms with Crippen molar-refractivity contribution in [2.75, 3.05) is 56.2 Å². The van der Waals surface area contributed by atoms with E-state index in [2.05, 4.69) is 25.7 Å². The van der Waals surface area contributed by atoms with Gasteiger partial charge in [0.2, 0.25) is 0 Å². The molecule has 0 unspecified atom stereocenters. The van der Waals surface area contributed by atoms with Crippen LogP contribution in [-0.4, -0.2) is 62.1 Å². The number of hydrogen-bond acceptors (Lipinski definition) is 7. The van der Waals surface area contributed by atoms with Crippen LogP contribution in [-0.2, 0) is 4.74 Å². The van der Waals surface area contributed by atoms with Crippen molar-refractivity contribution in [1.29, 1.82) is 0 Å². The van der Waals surface area contributed by atoms with E-state index in [0.717, 1.165) is 42.8 Å². The molecule has 2 N–H and O–H groups in total. The number of fused-ring (bicyclic) bond motifs is 1. The topological polar surface area (TPSA) is 88.6 Å². The third-order valence-corrected chi connectivity index (χ3v) is 5.15. The quantitative estimate of drug-likeness (QED) is 0.541. The standard InChI is InChI=1S/C23H27N5O3/c1-2-31-20-8-7-17-5-3-4-6-19(17)22(20)23(29)25-10-9-24-21-15-18(16-26-27-21)28-11-13-30-14-12-28/h3-8,15-16H,2,9-14H2,1H3,(H,24,27)(H,25,29). The van der Waals surface area contributed by atoms with Crippen LogP contribution in [0.1, 0.15) is 17.3 Å². The Kier molecular flexibility index (Phi) is 6.78. The summed E-state index contributed by atoms with van der Waals surface area (Å²) in [5, 5.41) is 16.3. The summed E-state index contributed by atoms with van der Waals surface area (Å²) in [6, 6.07) is 13.6. The molecule has 2 heterocycles. The van der Waals surface area contributed by atoms with Gasteiger partial charge in [-0.1, -0.05) is 30.3 Å². The molecule has 1 aromatic heterocycles. The van der Waals surface area contributed by atoms with Crippen molar-refractivity contribution in [2.24, 2.45) is 0 Å². The highest BCUT2D eigenvalue weighted by molar-refractivity contribution is 6.09. The van der Waals surface area contributed by atoms with Gasteiger partial charge in [-0.05, 0) is 23.8 Å². The Balaban J connectivity index is 1.37. The molecular formula is C23H27N5O3. The molecule has 0 atom stereocenters. The van der Waals surface area contributed by atoms with Gasteiger partial charge in [-0.25, -0.2) is 0 Å². The molecular weight excluding hydrogens is 394 g/mol. The maximum Gasteiger partial charge on any atom is 0.255 e. The lowest BCUT2D eigenvalue weighted by Crippen LogP contribution is -2.36. The lowest BCUT2D eigenvalue weighted by molar-refractivity contribution is 0.0953. The summed E-state index contributed by atoms with van der Waals surface area (Å²) >= 11 is 0. The molecule has 0 spiro atoms. The Bertz CT molecular complexity index is 1040. The lowest BCUT2D eigenvalue weighted by Gasteiger charge is -2.28. The molecule has 3 aromatic rings. The van der Waals surface area contributed by atoms with E-state index in [-0.39, 0.29) is 5.91 Å². The fourth-order valence-corrected chi connectivity index (χ4v) is 3.65. The Labute approximate surface area is 181 Å². The molecule has 8 nitrogen and oxygen atoms in total. The summed E-state index contributed by atoms with van der Waals surface area (Å²) in [5.41, 5.74) is 1.58. The van der Waals surface area contributed by atoms with E-state index < -0.39 is 0 Å². The highest BCUT2D eigenvalue weighted by Crippen LogP contribution is 2.28. The first-order valence-electron chi connectivity index (χ1n) is 10.6. The molecule has 2 aromatic carbocycles. The van der Waals surface area contributed by atoms with Crippen LogP contribution in [0.3, 0.4) is 0 Å². The van der Waals surface area contributed by atoms with Gasteiger partial charge in [0.25, 0.3) is 5.91 Å².